The molecule has 0 saturated heterocycles. The third-order valence-electron chi connectivity index (χ3n) is 3.56. The highest BCUT2D eigenvalue weighted by Crippen LogP contribution is 2.28. The Balaban J connectivity index is 2.30. The van der Waals surface area contributed by atoms with Crippen LogP contribution in [-0.2, 0) is 6.42 Å². The number of rotatable bonds is 3. The number of aromatic nitrogens is 2. The van der Waals surface area contributed by atoms with E-state index in [2.05, 4.69) is 34.9 Å². The molecule has 2 unspecified atom stereocenters. The maximum absolute atomic E-state index is 12.2. The predicted octanol–water partition coefficient (Wildman–Crippen LogP) is 2.61. The van der Waals surface area contributed by atoms with Gasteiger partial charge in [-0.3, -0.25) is 9.89 Å². The molecule has 2 rings (SSSR count). The zero-order valence-electron chi connectivity index (χ0n) is 10.9. The highest BCUT2D eigenvalue weighted by Gasteiger charge is 2.27. The molecule has 2 N–H and O–H groups in total. The molecule has 1 saturated carbocycles. The van der Waals surface area contributed by atoms with Gasteiger partial charge < -0.3 is 5.11 Å². The summed E-state index contributed by atoms with van der Waals surface area (Å²) in [5.74, 6) is 0.490. The second kappa shape index (κ2) is 5.61. The van der Waals surface area contributed by atoms with Crippen LogP contribution in [0.15, 0.2) is 9.27 Å². The van der Waals surface area contributed by atoms with Crippen molar-refractivity contribution in [1.29, 1.82) is 0 Å². The van der Waals surface area contributed by atoms with E-state index >= 15 is 0 Å². The highest BCUT2D eigenvalue weighted by atomic mass is 79.9. The van der Waals surface area contributed by atoms with Gasteiger partial charge in [-0.1, -0.05) is 26.7 Å². The van der Waals surface area contributed by atoms with Gasteiger partial charge in [-0.25, -0.2) is 4.68 Å². The molecular formula is C13H21BrN2O2. The first-order chi connectivity index (χ1) is 8.50. The summed E-state index contributed by atoms with van der Waals surface area (Å²) in [4.78, 5) is 12.2. The lowest BCUT2D eigenvalue weighted by atomic mass is 9.93. The van der Waals surface area contributed by atoms with E-state index in [4.69, 9.17) is 0 Å². The lowest BCUT2D eigenvalue weighted by Gasteiger charge is -2.27. The van der Waals surface area contributed by atoms with Crippen LogP contribution in [0.5, 0.6) is 0 Å². The standard InChI is InChI=1S/C13H21BrN2O2/c1-8(2)7-9-12(14)13(18)16(15-9)10-5-3-4-6-11(10)17/h8,10-11,15,17H,3-7H2,1-2H3. The Morgan fingerprint density at radius 3 is 2.72 bits per heavy atom. The van der Waals surface area contributed by atoms with Crippen LogP contribution in [0.25, 0.3) is 0 Å². The number of nitrogens with zero attached hydrogens (tertiary/aromatic N) is 1. The van der Waals surface area contributed by atoms with E-state index in [-0.39, 0.29) is 11.6 Å². The molecule has 0 amide bonds. The van der Waals surface area contributed by atoms with Crippen molar-refractivity contribution in [2.75, 3.05) is 0 Å². The summed E-state index contributed by atoms with van der Waals surface area (Å²) >= 11 is 3.37. The van der Waals surface area contributed by atoms with Crippen LogP contribution in [0.2, 0.25) is 0 Å². The molecule has 2 atom stereocenters. The molecule has 102 valence electrons. The van der Waals surface area contributed by atoms with Gasteiger partial charge in [0, 0.05) is 0 Å². The van der Waals surface area contributed by atoms with E-state index in [1.165, 1.54) is 0 Å². The summed E-state index contributed by atoms with van der Waals surface area (Å²) in [6.45, 7) is 4.25. The van der Waals surface area contributed by atoms with Gasteiger partial charge in [0.1, 0.15) is 4.47 Å². The van der Waals surface area contributed by atoms with Crippen molar-refractivity contribution in [1.82, 2.24) is 9.78 Å². The Hall–Kier alpha value is -0.550. The molecular weight excluding hydrogens is 296 g/mol. The highest BCUT2D eigenvalue weighted by molar-refractivity contribution is 9.10. The van der Waals surface area contributed by atoms with Gasteiger partial charge in [-0.2, -0.15) is 0 Å². The lowest BCUT2D eigenvalue weighted by molar-refractivity contribution is 0.0676. The summed E-state index contributed by atoms with van der Waals surface area (Å²) < 4.78 is 2.24. The second-order valence-corrected chi connectivity index (χ2v) is 6.39. The number of aromatic amines is 1. The molecule has 1 aromatic heterocycles. The summed E-state index contributed by atoms with van der Waals surface area (Å²) in [6.07, 6.45) is 4.21. The first kappa shape index (κ1) is 13.9. The number of hydrogen-bond acceptors (Lipinski definition) is 2. The Labute approximate surface area is 116 Å². The van der Waals surface area contributed by atoms with Crippen molar-refractivity contribution in [3.63, 3.8) is 0 Å². The minimum atomic E-state index is -0.408. The van der Waals surface area contributed by atoms with Crippen molar-refractivity contribution < 1.29 is 5.11 Å². The van der Waals surface area contributed by atoms with Crippen molar-refractivity contribution >= 4 is 15.9 Å². The van der Waals surface area contributed by atoms with Gasteiger partial charge in [-0.15, -0.1) is 0 Å². The molecule has 5 heteroatoms. The van der Waals surface area contributed by atoms with Crippen molar-refractivity contribution in [3.8, 4) is 0 Å². The molecule has 1 fully saturated rings. The zero-order valence-corrected chi connectivity index (χ0v) is 12.5. The first-order valence-corrected chi connectivity index (χ1v) is 7.47. The smallest absolute Gasteiger partial charge is 0.281 e. The number of nitrogens with one attached hydrogen (secondary N) is 1. The van der Waals surface area contributed by atoms with Gasteiger partial charge in [0.2, 0.25) is 0 Å². The van der Waals surface area contributed by atoms with Crippen LogP contribution in [0.1, 0.15) is 51.3 Å². The van der Waals surface area contributed by atoms with Crippen LogP contribution >= 0.6 is 15.9 Å². The predicted molar refractivity (Wildman–Crippen MR) is 74.8 cm³/mol. The van der Waals surface area contributed by atoms with E-state index < -0.39 is 6.10 Å². The average molecular weight is 317 g/mol. The molecule has 0 aromatic carbocycles. The van der Waals surface area contributed by atoms with Crippen LogP contribution in [-0.4, -0.2) is 21.0 Å². The zero-order chi connectivity index (χ0) is 13.3. The number of aliphatic hydroxyl groups excluding tert-OH is 1. The van der Waals surface area contributed by atoms with E-state index in [0.717, 1.165) is 37.8 Å². The number of hydrogen-bond donors (Lipinski definition) is 2. The fourth-order valence-corrected chi connectivity index (χ4v) is 3.09. The largest absolute Gasteiger partial charge is 0.391 e. The van der Waals surface area contributed by atoms with Crippen LogP contribution in [0, 0.1) is 5.92 Å². The van der Waals surface area contributed by atoms with Gasteiger partial charge in [0.05, 0.1) is 17.8 Å². The van der Waals surface area contributed by atoms with E-state index in [9.17, 15) is 9.90 Å². The average Bonchev–Trinajstić information content (AvgIpc) is 2.58. The van der Waals surface area contributed by atoms with Crippen LogP contribution in [0.4, 0.5) is 0 Å². The molecule has 1 aromatic rings. The molecule has 1 heterocycles. The number of aliphatic hydroxyl groups is 1. The Morgan fingerprint density at radius 2 is 2.11 bits per heavy atom. The SMILES string of the molecule is CC(C)Cc1[nH]n(C2CCCCC2O)c(=O)c1Br. The number of H-pyrrole nitrogens is 1. The second-order valence-electron chi connectivity index (χ2n) is 5.60. The molecule has 4 nitrogen and oxygen atoms in total. The minimum absolute atomic E-state index is 0.0448. The summed E-state index contributed by atoms with van der Waals surface area (Å²) in [5, 5.41) is 13.2. The van der Waals surface area contributed by atoms with Crippen LogP contribution < -0.4 is 5.56 Å². The van der Waals surface area contributed by atoms with Crippen molar-refractivity contribution in [3.05, 3.63) is 20.5 Å². The Morgan fingerprint density at radius 1 is 1.44 bits per heavy atom. The summed E-state index contributed by atoms with van der Waals surface area (Å²) in [7, 11) is 0. The lowest BCUT2D eigenvalue weighted by Crippen LogP contribution is -2.33. The van der Waals surface area contributed by atoms with E-state index in [1.807, 2.05) is 0 Å². The number of halogens is 1. The molecule has 1 aliphatic rings. The van der Waals surface area contributed by atoms with Gasteiger partial charge in [0.25, 0.3) is 5.56 Å². The molecule has 0 spiro atoms. The maximum Gasteiger partial charge on any atom is 0.281 e. The topological polar surface area (TPSA) is 58.0 Å². The monoisotopic (exact) mass is 316 g/mol. The normalized spacial score (nSPS) is 24.7. The molecule has 0 radical (unpaired) electrons. The van der Waals surface area contributed by atoms with Gasteiger partial charge >= 0.3 is 0 Å². The van der Waals surface area contributed by atoms with E-state index in [1.54, 1.807) is 4.68 Å². The quantitative estimate of drug-likeness (QED) is 0.900. The Bertz CT molecular complexity index is 464. The van der Waals surface area contributed by atoms with Crippen molar-refractivity contribution in [2.24, 2.45) is 5.92 Å². The summed E-state index contributed by atoms with van der Waals surface area (Å²) in [5.41, 5.74) is 0.893. The molecule has 1 aliphatic carbocycles. The fourth-order valence-electron chi connectivity index (χ4n) is 2.65. The maximum atomic E-state index is 12.2. The van der Waals surface area contributed by atoms with Crippen LogP contribution in [0.3, 0.4) is 0 Å². The molecule has 0 bridgehead atoms. The first-order valence-electron chi connectivity index (χ1n) is 6.67. The fraction of sp³-hybridized carbons (Fsp3) is 0.769. The summed E-state index contributed by atoms with van der Waals surface area (Å²) in [6, 6.07) is -0.0940. The van der Waals surface area contributed by atoms with Crippen molar-refractivity contribution in [2.45, 2.75) is 58.1 Å². The third-order valence-corrected chi connectivity index (χ3v) is 4.38. The van der Waals surface area contributed by atoms with Gasteiger partial charge in [-0.05, 0) is 41.1 Å². The molecule has 0 aliphatic heterocycles. The third kappa shape index (κ3) is 2.72. The van der Waals surface area contributed by atoms with E-state index in [0.29, 0.717) is 10.4 Å². The van der Waals surface area contributed by atoms with Gasteiger partial charge in [0.15, 0.2) is 0 Å². The molecule has 18 heavy (non-hydrogen) atoms. The minimum Gasteiger partial charge on any atom is -0.391 e. The Kier molecular flexibility index (Phi) is 4.33.